The number of rotatable bonds is 6. The molecular formula is C27H28ClN5O3. The molecular weight excluding hydrogens is 478 g/mol. The number of aromatic nitrogens is 3. The van der Waals surface area contributed by atoms with Crippen LogP contribution in [0.4, 0.5) is 5.82 Å². The van der Waals surface area contributed by atoms with Crippen LogP contribution in [0.5, 0.6) is 11.6 Å². The third kappa shape index (κ3) is 4.29. The average Bonchev–Trinajstić information content (AvgIpc) is 2.92. The van der Waals surface area contributed by atoms with Gasteiger partial charge in [-0.3, -0.25) is 9.78 Å². The fourth-order valence-corrected chi connectivity index (χ4v) is 5.89. The Morgan fingerprint density at radius 3 is 2.72 bits per heavy atom. The van der Waals surface area contributed by atoms with Crippen LogP contribution in [0.15, 0.2) is 36.5 Å². The van der Waals surface area contributed by atoms with Gasteiger partial charge in [0.1, 0.15) is 5.52 Å². The van der Waals surface area contributed by atoms with Crippen LogP contribution >= 0.6 is 11.6 Å². The third-order valence-corrected chi connectivity index (χ3v) is 8.27. The molecule has 3 aromatic heterocycles. The summed E-state index contributed by atoms with van der Waals surface area (Å²) in [6.45, 7) is 0.706. The van der Waals surface area contributed by atoms with Gasteiger partial charge in [0.05, 0.1) is 23.3 Å². The number of halogens is 1. The lowest BCUT2D eigenvalue weighted by Crippen LogP contribution is -2.54. The van der Waals surface area contributed by atoms with Crippen LogP contribution in [0.25, 0.3) is 17.1 Å². The first-order valence-electron chi connectivity index (χ1n) is 12.3. The molecule has 3 aromatic rings. The molecule has 36 heavy (non-hydrogen) atoms. The predicted molar refractivity (Wildman–Crippen MR) is 138 cm³/mol. The summed E-state index contributed by atoms with van der Waals surface area (Å²) >= 11 is 6.55. The number of fused-ring (bicyclic) bond motifs is 5. The van der Waals surface area contributed by atoms with Crippen LogP contribution in [-0.2, 0) is 11.3 Å². The molecule has 3 saturated carbocycles. The Balaban J connectivity index is 1.14. The van der Waals surface area contributed by atoms with Crippen molar-refractivity contribution in [1.29, 1.82) is 0 Å². The number of nitrogens with one attached hydrogen (secondary N) is 2. The molecule has 2 bridgehead atoms. The number of carbonyl (C=O) groups is 1. The van der Waals surface area contributed by atoms with Gasteiger partial charge < -0.3 is 20.1 Å². The molecule has 1 aliphatic heterocycles. The van der Waals surface area contributed by atoms with Crippen molar-refractivity contribution in [1.82, 2.24) is 20.3 Å². The lowest BCUT2D eigenvalue weighted by molar-refractivity contribution is -0.118. The first-order chi connectivity index (χ1) is 17.5. The van der Waals surface area contributed by atoms with Gasteiger partial charge in [-0.15, -0.1) is 0 Å². The van der Waals surface area contributed by atoms with Crippen molar-refractivity contribution in [3.05, 3.63) is 52.8 Å². The van der Waals surface area contributed by atoms with Crippen LogP contribution in [-0.4, -0.2) is 40.1 Å². The SMILES string of the molecule is COc1ccc2ncc(Cl)c(/C=C/C34CCC(NCc5ccc6c(n5)NC(=O)CO6)(CC3)CC4)c2n1. The Labute approximate surface area is 214 Å². The van der Waals surface area contributed by atoms with Gasteiger partial charge in [-0.1, -0.05) is 23.8 Å². The highest BCUT2D eigenvalue weighted by Crippen LogP contribution is 2.53. The van der Waals surface area contributed by atoms with Gasteiger partial charge in [0, 0.05) is 29.9 Å². The van der Waals surface area contributed by atoms with E-state index in [-0.39, 0.29) is 23.5 Å². The monoisotopic (exact) mass is 505 g/mol. The van der Waals surface area contributed by atoms with E-state index in [0.29, 0.717) is 29.0 Å². The highest BCUT2D eigenvalue weighted by Gasteiger charge is 2.47. The van der Waals surface area contributed by atoms with E-state index in [9.17, 15) is 4.79 Å². The van der Waals surface area contributed by atoms with Gasteiger partial charge in [0.2, 0.25) is 5.88 Å². The maximum Gasteiger partial charge on any atom is 0.263 e. The van der Waals surface area contributed by atoms with E-state index in [1.165, 1.54) is 0 Å². The predicted octanol–water partition coefficient (Wildman–Crippen LogP) is 4.91. The molecule has 0 spiro atoms. The summed E-state index contributed by atoms with van der Waals surface area (Å²) in [5.74, 6) is 1.51. The molecule has 3 aliphatic carbocycles. The summed E-state index contributed by atoms with van der Waals surface area (Å²) in [5, 5.41) is 7.18. The Morgan fingerprint density at radius 2 is 1.94 bits per heavy atom. The highest BCUT2D eigenvalue weighted by molar-refractivity contribution is 6.32. The number of hydrogen-bond donors (Lipinski definition) is 2. The second-order valence-corrected chi connectivity index (χ2v) is 10.5. The number of anilines is 1. The van der Waals surface area contributed by atoms with Gasteiger partial charge in [-0.2, -0.15) is 0 Å². The number of carbonyl (C=O) groups excluding carboxylic acids is 1. The van der Waals surface area contributed by atoms with Crippen LogP contribution in [0, 0.1) is 5.41 Å². The minimum Gasteiger partial charge on any atom is -0.481 e. The summed E-state index contributed by atoms with van der Waals surface area (Å²) in [6, 6.07) is 7.57. The van der Waals surface area contributed by atoms with Gasteiger partial charge >= 0.3 is 0 Å². The fraction of sp³-hybridized carbons (Fsp3) is 0.407. The number of nitrogens with zero attached hydrogens (tertiary/aromatic N) is 3. The van der Waals surface area contributed by atoms with E-state index >= 15 is 0 Å². The van der Waals surface area contributed by atoms with Crippen molar-refractivity contribution < 1.29 is 14.3 Å². The Kier molecular flexibility index (Phi) is 5.80. The molecule has 1 amide bonds. The van der Waals surface area contributed by atoms with Gasteiger partial charge in [-0.25, -0.2) is 9.97 Å². The van der Waals surface area contributed by atoms with Gasteiger partial charge in [-0.05, 0) is 62.1 Å². The molecule has 3 fully saturated rings. The Bertz CT molecular complexity index is 1350. The molecule has 4 heterocycles. The van der Waals surface area contributed by atoms with Crippen molar-refractivity contribution in [2.75, 3.05) is 19.0 Å². The van der Waals surface area contributed by atoms with Crippen molar-refractivity contribution in [3.8, 4) is 11.6 Å². The van der Waals surface area contributed by atoms with Gasteiger partial charge in [0.25, 0.3) is 5.91 Å². The normalized spacial score (nSPS) is 25.0. The molecule has 0 atom stereocenters. The van der Waals surface area contributed by atoms with Gasteiger partial charge in [0.15, 0.2) is 18.2 Å². The summed E-state index contributed by atoms with van der Waals surface area (Å²) < 4.78 is 10.7. The maximum atomic E-state index is 11.6. The molecule has 8 nitrogen and oxygen atoms in total. The van der Waals surface area contributed by atoms with Crippen LogP contribution < -0.4 is 20.1 Å². The van der Waals surface area contributed by atoms with E-state index in [1.54, 1.807) is 13.3 Å². The number of amides is 1. The molecule has 186 valence electrons. The topological polar surface area (TPSA) is 98.3 Å². The van der Waals surface area contributed by atoms with Crippen LogP contribution in [0.2, 0.25) is 5.02 Å². The zero-order valence-corrected chi connectivity index (χ0v) is 20.9. The van der Waals surface area contributed by atoms with Crippen molar-refractivity contribution >= 4 is 40.4 Å². The lowest BCUT2D eigenvalue weighted by atomic mass is 9.57. The number of hydrogen-bond acceptors (Lipinski definition) is 7. The molecule has 2 N–H and O–H groups in total. The standard InChI is InChI=1S/C27H28ClN5O3/c1-35-23-5-3-20-24(33-23)18(19(28)15-29-20)6-7-26-8-11-27(12-9-26,13-10-26)30-14-17-2-4-21-25(31-17)32-22(34)16-36-21/h2-7,15,30H,8-14,16H2,1H3,(H,31,32,34)/b7-6+. The number of pyridine rings is 3. The minimum absolute atomic E-state index is 0.0415. The first-order valence-corrected chi connectivity index (χ1v) is 12.7. The van der Waals surface area contributed by atoms with Crippen LogP contribution in [0.1, 0.15) is 49.8 Å². The smallest absolute Gasteiger partial charge is 0.263 e. The second kappa shape index (κ2) is 9.01. The first kappa shape index (κ1) is 23.2. The van der Waals surface area contributed by atoms with Crippen molar-refractivity contribution in [2.24, 2.45) is 5.41 Å². The summed E-state index contributed by atoms with van der Waals surface area (Å²) in [6.07, 6.45) is 12.9. The Morgan fingerprint density at radius 1 is 1.14 bits per heavy atom. The molecule has 7 rings (SSSR count). The molecule has 9 heteroatoms. The maximum absolute atomic E-state index is 11.6. The van der Waals surface area contributed by atoms with E-state index < -0.39 is 0 Å². The largest absolute Gasteiger partial charge is 0.481 e. The number of allylic oxidation sites excluding steroid dienone is 1. The molecule has 4 aliphatic rings. The summed E-state index contributed by atoms with van der Waals surface area (Å²) in [4.78, 5) is 25.2. The average molecular weight is 506 g/mol. The molecule has 0 saturated heterocycles. The zero-order valence-electron chi connectivity index (χ0n) is 20.1. The van der Waals surface area contributed by atoms with E-state index in [0.717, 1.165) is 60.8 Å². The second-order valence-electron chi connectivity index (χ2n) is 10.1. The lowest BCUT2D eigenvalue weighted by Gasteiger charge is -2.53. The quantitative estimate of drug-likeness (QED) is 0.491. The van der Waals surface area contributed by atoms with E-state index in [1.807, 2.05) is 24.3 Å². The number of methoxy groups -OCH3 is 1. The third-order valence-electron chi connectivity index (χ3n) is 7.97. The summed E-state index contributed by atoms with van der Waals surface area (Å²) in [7, 11) is 1.61. The fourth-order valence-electron chi connectivity index (χ4n) is 5.69. The zero-order chi connectivity index (χ0) is 24.8. The molecule has 0 radical (unpaired) electrons. The molecule has 0 unspecified atom stereocenters. The van der Waals surface area contributed by atoms with Crippen LogP contribution in [0.3, 0.4) is 0 Å². The molecule has 0 aromatic carbocycles. The highest BCUT2D eigenvalue weighted by atomic mass is 35.5. The Hall–Kier alpha value is -3.23. The van der Waals surface area contributed by atoms with E-state index in [4.69, 9.17) is 21.1 Å². The number of ether oxygens (including phenoxy) is 2. The summed E-state index contributed by atoms with van der Waals surface area (Å²) in [5.41, 5.74) is 3.66. The minimum atomic E-state index is -0.168. The van der Waals surface area contributed by atoms with Crippen molar-refractivity contribution in [3.63, 3.8) is 0 Å². The van der Waals surface area contributed by atoms with Crippen molar-refractivity contribution in [2.45, 2.75) is 50.6 Å². The van der Waals surface area contributed by atoms with E-state index in [2.05, 4.69) is 37.7 Å².